The molecule has 0 aliphatic heterocycles. The SMILES string of the molecule is Cc1ccc(CCNC(=O)c2cccn2[C@@H](C)Cc2ccccc2)cn1. The molecule has 2 aromatic heterocycles. The second kappa shape index (κ2) is 8.48. The molecule has 2 heterocycles. The van der Waals surface area contributed by atoms with Crippen LogP contribution in [0.25, 0.3) is 0 Å². The lowest BCUT2D eigenvalue weighted by molar-refractivity contribution is 0.0943. The van der Waals surface area contributed by atoms with Crippen LogP contribution in [0, 0.1) is 6.92 Å². The van der Waals surface area contributed by atoms with Crippen molar-refractivity contribution < 1.29 is 4.79 Å². The number of nitrogens with zero attached hydrogens (tertiary/aromatic N) is 2. The van der Waals surface area contributed by atoms with Gasteiger partial charge in [-0.25, -0.2) is 0 Å². The molecule has 3 rings (SSSR count). The number of hydrogen-bond donors (Lipinski definition) is 1. The summed E-state index contributed by atoms with van der Waals surface area (Å²) in [6.45, 7) is 4.71. The summed E-state index contributed by atoms with van der Waals surface area (Å²) in [6.07, 6.45) is 5.52. The highest BCUT2D eigenvalue weighted by molar-refractivity contribution is 5.92. The molecule has 4 nitrogen and oxygen atoms in total. The van der Waals surface area contributed by atoms with Crippen molar-refractivity contribution >= 4 is 5.91 Å². The van der Waals surface area contributed by atoms with E-state index >= 15 is 0 Å². The van der Waals surface area contributed by atoms with Crippen molar-refractivity contribution in [3.8, 4) is 0 Å². The number of amides is 1. The normalized spacial score (nSPS) is 11.9. The van der Waals surface area contributed by atoms with E-state index in [1.54, 1.807) is 0 Å². The first-order valence-electron chi connectivity index (χ1n) is 9.04. The van der Waals surface area contributed by atoms with Gasteiger partial charge in [0.1, 0.15) is 5.69 Å². The monoisotopic (exact) mass is 347 g/mol. The Morgan fingerprint density at radius 2 is 1.88 bits per heavy atom. The van der Waals surface area contributed by atoms with Gasteiger partial charge in [-0.2, -0.15) is 0 Å². The third-order valence-corrected chi connectivity index (χ3v) is 4.53. The van der Waals surface area contributed by atoms with Crippen molar-refractivity contribution in [2.45, 2.75) is 32.7 Å². The van der Waals surface area contributed by atoms with Gasteiger partial charge in [0.15, 0.2) is 0 Å². The fourth-order valence-electron chi connectivity index (χ4n) is 3.08. The lowest BCUT2D eigenvalue weighted by Crippen LogP contribution is -2.28. The molecule has 1 atom stereocenters. The van der Waals surface area contributed by atoms with E-state index in [1.807, 2.05) is 55.7 Å². The largest absolute Gasteiger partial charge is 0.350 e. The molecule has 0 spiro atoms. The van der Waals surface area contributed by atoms with Crippen LogP contribution in [-0.2, 0) is 12.8 Å². The van der Waals surface area contributed by atoms with E-state index in [2.05, 4.69) is 40.0 Å². The van der Waals surface area contributed by atoms with Gasteiger partial charge in [-0.15, -0.1) is 0 Å². The topological polar surface area (TPSA) is 46.9 Å². The van der Waals surface area contributed by atoms with Crippen molar-refractivity contribution in [2.24, 2.45) is 0 Å². The van der Waals surface area contributed by atoms with Crippen LogP contribution in [0.4, 0.5) is 0 Å². The Balaban J connectivity index is 1.58. The zero-order chi connectivity index (χ0) is 18.4. The summed E-state index contributed by atoms with van der Waals surface area (Å²) in [5.74, 6) is -0.0324. The second-order valence-corrected chi connectivity index (χ2v) is 6.65. The van der Waals surface area contributed by atoms with Crippen LogP contribution in [0.1, 0.15) is 40.3 Å². The average Bonchev–Trinajstić information content (AvgIpc) is 3.14. The van der Waals surface area contributed by atoms with Gasteiger partial charge in [0.25, 0.3) is 5.91 Å². The van der Waals surface area contributed by atoms with E-state index in [9.17, 15) is 4.79 Å². The maximum Gasteiger partial charge on any atom is 0.267 e. The minimum atomic E-state index is -0.0324. The molecule has 0 fully saturated rings. The third-order valence-electron chi connectivity index (χ3n) is 4.53. The summed E-state index contributed by atoms with van der Waals surface area (Å²) in [6, 6.07) is 18.4. The lowest BCUT2D eigenvalue weighted by Gasteiger charge is -2.17. The Morgan fingerprint density at radius 1 is 1.08 bits per heavy atom. The molecular formula is C22H25N3O. The number of nitrogens with one attached hydrogen (secondary N) is 1. The van der Waals surface area contributed by atoms with Gasteiger partial charge < -0.3 is 9.88 Å². The fraction of sp³-hybridized carbons (Fsp3) is 0.273. The van der Waals surface area contributed by atoms with Crippen LogP contribution < -0.4 is 5.32 Å². The number of carbonyl (C=O) groups excluding carboxylic acids is 1. The molecule has 0 saturated carbocycles. The Hall–Kier alpha value is -2.88. The number of aromatic nitrogens is 2. The number of benzene rings is 1. The molecule has 1 amide bonds. The van der Waals surface area contributed by atoms with Gasteiger partial charge in [-0.1, -0.05) is 36.4 Å². The average molecular weight is 347 g/mol. The number of aryl methyl sites for hydroxylation is 1. The summed E-state index contributed by atoms with van der Waals surface area (Å²) in [4.78, 5) is 16.9. The minimum absolute atomic E-state index is 0.0324. The van der Waals surface area contributed by atoms with E-state index in [4.69, 9.17) is 0 Å². The quantitative estimate of drug-likeness (QED) is 0.703. The Kier molecular flexibility index (Phi) is 5.84. The Bertz CT molecular complexity index is 837. The minimum Gasteiger partial charge on any atom is -0.350 e. The highest BCUT2D eigenvalue weighted by Crippen LogP contribution is 2.17. The van der Waals surface area contributed by atoms with Gasteiger partial charge in [-0.05, 0) is 56.0 Å². The van der Waals surface area contributed by atoms with Gasteiger partial charge >= 0.3 is 0 Å². The van der Waals surface area contributed by atoms with Crippen LogP contribution in [0.15, 0.2) is 67.0 Å². The highest BCUT2D eigenvalue weighted by Gasteiger charge is 2.15. The number of rotatable bonds is 7. The predicted molar refractivity (Wildman–Crippen MR) is 104 cm³/mol. The van der Waals surface area contributed by atoms with Crippen molar-refractivity contribution in [3.63, 3.8) is 0 Å². The van der Waals surface area contributed by atoms with Crippen molar-refractivity contribution in [1.29, 1.82) is 0 Å². The maximum absolute atomic E-state index is 12.6. The molecule has 0 aliphatic carbocycles. The van der Waals surface area contributed by atoms with Gasteiger partial charge in [0, 0.05) is 30.7 Å². The molecule has 26 heavy (non-hydrogen) atoms. The molecule has 134 valence electrons. The molecule has 0 aliphatic rings. The number of pyridine rings is 1. The second-order valence-electron chi connectivity index (χ2n) is 6.65. The summed E-state index contributed by atoms with van der Waals surface area (Å²) in [7, 11) is 0. The first-order valence-corrected chi connectivity index (χ1v) is 9.04. The molecule has 1 N–H and O–H groups in total. The van der Waals surface area contributed by atoms with Gasteiger partial charge in [-0.3, -0.25) is 9.78 Å². The van der Waals surface area contributed by atoms with Crippen molar-refractivity contribution in [1.82, 2.24) is 14.9 Å². The molecular weight excluding hydrogens is 322 g/mol. The van der Waals surface area contributed by atoms with E-state index in [0.29, 0.717) is 12.2 Å². The standard InChI is InChI=1S/C22H25N3O/c1-17-10-11-20(16-24-17)12-13-23-22(26)21-9-6-14-25(21)18(2)15-19-7-4-3-5-8-19/h3-11,14,16,18H,12-13,15H2,1-2H3,(H,23,26)/t18-/m0/s1. The van der Waals surface area contributed by atoms with Gasteiger partial charge in [0.05, 0.1) is 0 Å². The molecule has 0 saturated heterocycles. The van der Waals surface area contributed by atoms with Crippen LogP contribution in [0.2, 0.25) is 0 Å². The third kappa shape index (κ3) is 4.60. The molecule has 0 radical (unpaired) electrons. The first kappa shape index (κ1) is 17.9. The summed E-state index contributed by atoms with van der Waals surface area (Å²) in [5, 5.41) is 3.02. The molecule has 0 bridgehead atoms. The Morgan fingerprint density at radius 3 is 2.62 bits per heavy atom. The highest BCUT2D eigenvalue weighted by atomic mass is 16.1. The molecule has 1 aromatic carbocycles. The fourth-order valence-corrected chi connectivity index (χ4v) is 3.08. The molecule has 3 aromatic rings. The van der Waals surface area contributed by atoms with Crippen molar-refractivity contribution in [3.05, 3.63) is 89.5 Å². The summed E-state index contributed by atoms with van der Waals surface area (Å²) >= 11 is 0. The first-order chi connectivity index (χ1) is 12.6. The zero-order valence-electron chi connectivity index (χ0n) is 15.4. The lowest BCUT2D eigenvalue weighted by atomic mass is 10.1. The summed E-state index contributed by atoms with van der Waals surface area (Å²) in [5.41, 5.74) is 4.11. The van der Waals surface area contributed by atoms with Crippen LogP contribution in [0.5, 0.6) is 0 Å². The Labute approximate surface area is 154 Å². The summed E-state index contributed by atoms with van der Waals surface area (Å²) < 4.78 is 2.05. The van der Waals surface area contributed by atoms with E-state index in [-0.39, 0.29) is 11.9 Å². The number of hydrogen-bond acceptors (Lipinski definition) is 2. The van der Waals surface area contributed by atoms with E-state index in [0.717, 1.165) is 24.1 Å². The predicted octanol–water partition coefficient (Wildman–Crippen LogP) is 3.97. The van der Waals surface area contributed by atoms with Gasteiger partial charge in [0.2, 0.25) is 0 Å². The van der Waals surface area contributed by atoms with Crippen LogP contribution in [0.3, 0.4) is 0 Å². The van der Waals surface area contributed by atoms with Crippen molar-refractivity contribution in [2.75, 3.05) is 6.54 Å². The molecule has 4 heteroatoms. The number of carbonyl (C=O) groups is 1. The van der Waals surface area contributed by atoms with E-state index in [1.165, 1.54) is 5.56 Å². The molecule has 0 unspecified atom stereocenters. The van der Waals surface area contributed by atoms with Crippen LogP contribution in [-0.4, -0.2) is 22.0 Å². The smallest absolute Gasteiger partial charge is 0.267 e. The van der Waals surface area contributed by atoms with Crippen LogP contribution >= 0.6 is 0 Å². The zero-order valence-corrected chi connectivity index (χ0v) is 15.4. The van der Waals surface area contributed by atoms with E-state index < -0.39 is 0 Å². The maximum atomic E-state index is 12.6.